The quantitative estimate of drug-likeness (QED) is 0.896. The lowest BCUT2D eigenvalue weighted by Gasteiger charge is -2.31. The molecular weight excluding hydrogens is 322 g/mol. The van der Waals surface area contributed by atoms with Crippen LogP contribution in [-0.2, 0) is 32.5 Å². The molecule has 1 atom stereocenters. The maximum absolute atomic E-state index is 9.10. The van der Waals surface area contributed by atoms with Crippen LogP contribution in [0.4, 0.5) is 0 Å². The molecule has 0 saturated carbocycles. The van der Waals surface area contributed by atoms with Gasteiger partial charge in [-0.15, -0.1) is 16.4 Å². The molecule has 1 unspecified atom stereocenters. The van der Waals surface area contributed by atoms with E-state index in [1.807, 2.05) is 22.2 Å². The van der Waals surface area contributed by atoms with Gasteiger partial charge in [0.05, 0.1) is 25.0 Å². The van der Waals surface area contributed by atoms with Crippen molar-refractivity contribution in [1.82, 2.24) is 24.9 Å². The molecule has 1 saturated heterocycles. The zero-order chi connectivity index (χ0) is 16.4. The summed E-state index contributed by atoms with van der Waals surface area (Å²) in [5.41, 5.74) is 2.02. The van der Waals surface area contributed by atoms with Crippen molar-refractivity contribution >= 4 is 11.3 Å². The molecule has 2 aliphatic rings. The average molecular weight is 347 g/mol. The Morgan fingerprint density at radius 2 is 2.17 bits per heavy atom. The summed E-state index contributed by atoms with van der Waals surface area (Å²) in [6, 6.07) is 0. The van der Waals surface area contributed by atoms with Gasteiger partial charge >= 0.3 is 0 Å². The minimum absolute atomic E-state index is 0.0362. The van der Waals surface area contributed by atoms with Crippen LogP contribution in [0.2, 0.25) is 0 Å². The van der Waals surface area contributed by atoms with Crippen LogP contribution in [0.1, 0.15) is 47.0 Å². The third-order valence-electron chi connectivity index (χ3n) is 5.05. The first-order chi connectivity index (χ1) is 11.8. The number of piperidine rings is 1. The normalized spacial score (nSPS) is 21.8. The van der Waals surface area contributed by atoms with Crippen molar-refractivity contribution in [2.24, 2.45) is 5.92 Å². The molecule has 6 nitrogen and oxygen atoms in total. The molecule has 0 amide bonds. The van der Waals surface area contributed by atoms with Crippen LogP contribution in [0.15, 0.2) is 6.20 Å². The molecule has 4 rings (SSSR count). The summed E-state index contributed by atoms with van der Waals surface area (Å²) in [6.07, 6.45) is 9.36. The van der Waals surface area contributed by atoms with Gasteiger partial charge in [0, 0.05) is 18.0 Å². The zero-order valence-electron chi connectivity index (χ0n) is 14.0. The number of nitrogens with zero attached hydrogens (tertiary/aromatic N) is 5. The van der Waals surface area contributed by atoms with Crippen LogP contribution in [-0.4, -0.2) is 43.1 Å². The van der Waals surface area contributed by atoms with Crippen LogP contribution in [0.3, 0.4) is 0 Å². The van der Waals surface area contributed by atoms with Gasteiger partial charge in [-0.3, -0.25) is 9.58 Å². The number of aromatic nitrogens is 4. The minimum Gasteiger partial charge on any atom is -0.390 e. The Balaban J connectivity index is 1.35. The van der Waals surface area contributed by atoms with E-state index >= 15 is 0 Å². The highest BCUT2D eigenvalue weighted by Gasteiger charge is 2.23. The highest BCUT2D eigenvalue weighted by molar-refractivity contribution is 7.11. The molecule has 2 aromatic heterocycles. The number of aliphatic hydroxyl groups is 1. The topological polar surface area (TPSA) is 67.1 Å². The van der Waals surface area contributed by atoms with E-state index in [4.69, 9.17) is 10.1 Å². The third-order valence-corrected chi connectivity index (χ3v) is 6.19. The summed E-state index contributed by atoms with van der Waals surface area (Å²) < 4.78 is 1.88. The lowest BCUT2D eigenvalue weighted by Crippen LogP contribution is -2.36. The second kappa shape index (κ2) is 7.29. The standard InChI is InChI=1S/C17H25N5OS/c23-12-14-10-22(20-19-14)9-13-4-3-7-21(8-13)11-17-18-15-5-1-2-6-16(15)24-17/h10,13,23H,1-9,11-12H2. The number of aliphatic hydroxyl groups excluding tert-OH is 1. The van der Waals surface area contributed by atoms with Gasteiger partial charge in [0.25, 0.3) is 0 Å². The molecule has 2 aromatic rings. The maximum atomic E-state index is 9.10. The van der Waals surface area contributed by atoms with Gasteiger partial charge in [0.15, 0.2) is 0 Å². The molecule has 1 aliphatic carbocycles. The molecule has 0 spiro atoms. The fourth-order valence-corrected chi connectivity index (χ4v) is 5.07. The Morgan fingerprint density at radius 3 is 3.00 bits per heavy atom. The van der Waals surface area contributed by atoms with E-state index in [2.05, 4.69) is 15.2 Å². The van der Waals surface area contributed by atoms with Gasteiger partial charge in [-0.2, -0.15) is 0 Å². The zero-order valence-corrected chi connectivity index (χ0v) is 14.8. The number of hydrogen-bond acceptors (Lipinski definition) is 6. The van der Waals surface area contributed by atoms with Gasteiger partial charge in [0.1, 0.15) is 10.7 Å². The highest BCUT2D eigenvalue weighted by Crippen LogP contribution is 2.28. The van der Waals surface area contributed by atoms with Crippen LogP contribution < -0.4 is 0 Å². The summed E-state index contributed by atoms with van der Waals surface area (Å²) in [5, 5.41) is 18.5. The van der Waals surface area contributed by atoms with Crippen LogP contribution in [0, 0.1) is 5.92 Å². The van der Waals surface area contributed by atoms with Gasteiger partial charge in [-0.25, -0.2) is 4.98 Å². The van der Waals surface area contributed by atoms with E-state index in [1.54, 1.807) is 0 Å². The second-order valence-electron chi connectivity index (χ2n) is 7.02. The van der Waals surface area contributed by atoms with Gasteiger partial charge in [0.2, 0.25) is 0 Å². The number of fused-ring (bicyclic) bond motifs is 1. The molecule has 130 valence electrons. The molecule has 1 N–H and O–H groups in total. The molecule has 0 radical (unpaired) electrons. The monoisotopic (exact) mass is 347 g/mol. The van der Waals surface area contributed by atoms with Crippen molar-refractivity contribution in [3.05, 3.63) is 27.5 Å². The number of rotatable bonds is 5. The van der Waals surface area contributed by atoms with Crippen LogP contribution >= 0.6 is 11.3 Å². The Labute approximate surface area is 146 Å². The Kier molecular flexibility index (Phi) is 4.91. The average Bonchev–Trinajstić information content (AvgIpc) is 3.21. The van der Waals surface area contributed by atoms with Crippen molar-refractivity contribution < 1.29 is 5.11 Å². The molecule has 0 aromatic carbocycles. The minimum atomic E-state index is -0.0362. The fraction of sp³-hybridized carbons (Fsp3) is 0.706. The summed E-state index contributed by atoms with van der Waals surface area (Å²) in [4.78, 5) is 8.97. The maximum Gasteiger partial charge on any atom is 0.108 e. The second-order valence-corrected chi connectivity index (χ2v) is 8.19. The van der Waals surface area contributed by atoms with E-state index in [0.29, 0.717) is 11.6 Å². The van der Waals surface area contributed by atoms with E-state index in [-0.39, 0.29) is 6.61 Å². The van der Waals surface area contributed by atoms with Crippen molar-refractivity contribution in [1.29, 1.82) is 0 Å². The first kappa shape index (κ1) is 16.2. The SMILES string of the molecule is OCc1cn(CC2CCCN(Cc3nc4c(s3)CCCC4)C2)nn1. The Morgan fingerprint density at radius 1 is 1.25 bits per heavy atom. The first-order valence-corrected chi connectivity index (χ1v) is 9.81. The first-order valence-electron chi connectivity index (χ1n) is 9.00. The fourth-order valence-electron chi connectivity index (χ4n) is 3.87. The van der Waals surface area contributed by atoms with Crippen molar-refractivity contribution in [3.63, 3.8) is 0 Å². The van der Waals surface area contributed by atoms with E-state index in [0.717, 1.165) is 19.6 Å². The predicted molar refractivity (Wildman–Crippen MR) is 92.7 cm³/mol. The summed E-state index contributed by atoms with van der Waals surface area (Å²) >= 11 is 1.93. The Hall–Kier alpha value is -1.31. The highest BCUT2D eigenvalue weighted by atomic mass is 32.1. The van der Waals surface area contributed by atoms with Crippen molar-refractivity contribution in [2.75, 3.05) is 13.1 Å². The molecule has 1 aliphatic heterocycles. The molecule has 7 heteroatoms. The number of aryl methyl sites for hydroxylation is 2. The molecule has 3 heterocycles. The predicted octanol–water partition coefficient (Wildman–Crippen LogP) is 2.02. The summed E-state index contributed by atoms with van der Waals surface area (Å²) in [5.74, 6) is 0.599. The number of hydrogen-bond donors (Lipinski definition) is 1. The van der Waals surface area contributed by atoms with Gasteiger partial charge in [-0.05, 0) is 51.0 Å². The smallest absolute Gasteiger partial charge is 0.108 e. The summed E-state index contributed by atoms with van der Waals surface area (Å²) in [6.45, 7) is 4.11. The van der Waals surface area contributed by atoms with Crippen molar-refractivity contribution in [2.45, 2.75) is 58.2 Å². The number of likely N-dealkylation sites (tertiary alicyclic amines) is 1. The molecule has 0 bridgehead atoms. The summed E-state index contributed by atoms with van der Waals surface area (Å²) in [7, 11) is 0. The Bertz CT molecular complexity index is 659. The number of thiazole rings is 1. The largest absolute Gasteiger partial charge is 0.390 e. The lowest BCUT2D eigenvalue weighted by molar-refractivity contribution is 0.152. The van der Waals surface area contributed by atoms with Crippen LogP contribution in [0.5, 0.6) is 0 Å². The van der Waals surface area contributed by atoms with Gasteiger partial charge in [-0.1, -0.05) is 5.21 Å². The molecular formula is C17H25N5OS. The lowest BCUT2D eigenvalue weighted by atomic mass is 9.98. The van der Waals surface area contributed by atoms with E-state index in [1.165, 1.54) is 60.6 Å². The van der Waals surface area contributed by atoms with Crippen molar-refractivity contribution in [3.8, 4) is 0 Å². The van der Waals surface area contributed by atoms with E-state index < -0.39 is 0 Å². The van der Waals surface area contributed by atoms with Crippen LogP contribution in [0.25, 0.3) is 0 Å². The van der Waals surface area contributed by atoms with Gasteiger partial charge < -0.3 is 5.11 Å². The van der Waals surface area contributed by atoms with E-state index in [9.17, 15) is 0 Å². The molecule has 24 heavy (non-hydrogen) atoms. The third kappa shape index (κ3) is 3.68. The molecule has 1 fully saturated rings.